The summed E-state index contributed by atoms with van der Waals surface area (Å²) in [7, 11) is 2.15. The molecule has 0 aliphatic heterocycles. The Bertz CT molecular complexity index is 267. The molecule has 1 N–H and O–H groups in total. The van der Waals surface area contributed by atoms with E-state index in [1.807, 2.05) is 19.9 Å². The third kappa shape index (κ3) is 13.0. The third-order valence-electron chi connectivity index (χ3n) is 2.94. The number of nitrogens with zero attached hydrogens (tertiary/aromatic N) is 1. The number of rotatable bonds is 10. The first-order chi connectivity index (χ1) is 8.49. The Morgan fingerprint density at radius 1 is 1.42 bits per heavy atom. The molecule has 1 unspecified atom stereocenters. The molecule has 0 fully saturated rings. The van der Waals surface area contributed by atoms with Gasteiger partial charge in [-0.1, -0.05) is 13.5 Å². The molecule has 0 aromatic carbocycles. The quantitative estimate of drug-likeness (QED) is 0.375. The number of nitrogens with one attached hydrogen (secondary N) is 1. The van der Waals surface area contributed by atoms with Crippen molar-refractivity contribution in [3.8, 4) is 0 Å². The van der Waals surface area contributed by atoms with E-state index in [0.29, 0.717) is 12.6 Å². The Kier molecular flexibility index (Phi) is 15.0. The molecule has 0 spiro atoms. The van der Waals surface area contributed by atoms with E-state index in [0.717, 1.165) is 37.4 Å². The Morgan fingerprint density at radius 3 is 2.58 bits per heavy atom. The summed E-state index contributed by atoms with van der Waals surface area (Å²) in [5.41, 5.74) is 1.07. The van der Waals surface area contributed by atoms with Gasteiger partial charge in [0, 0.05) is 43.7 Å². The van der Waals surface area contributed by atoms with Crippen molar-refractivity contribution in [2.75, 3.05) is 33.3 Å². The summed E-state index contributed by atoms with van der Waals surface area (Å²) in [6.07, 6.45) is 3.16. The monoisotopic (exact) mass is 492 g/mol. The van der Waals surface area contributed by atoms with Crippen molar-refractivity contribution in [3.63, 3.8) is 0 Å². The number of allylic oxidation sites excluding steroid dienone is 1. The Labute approximate surface area is 143 Å². The van der Waals surface area contributed by atoms with Crippen molar-refractivity contribution in [2.45, 2.75) is 40.2 Å². The molecular formula is C15H30N2OU. The Hall–Kier alpha value is 0.252. The van der Waals surface area contributed by atoms with E-state index >= 15 is 0 Å². The molecule has 0 aliphatic carbocycles. The fourth-order valence-electron chi connectivity index (χ4n) is 1.59. The van der Waals surface area contributed by atoms with Gasteiger partial charge in [0.15, 0.2) is 0 Å². The van der Waals surface area contributed by atoms with Crippen LogP contribution in [0.15, 0.2) is 24.0 Å². The van der Waals surface area contributed by atoms with Crippen molar-refractivity contribution in [1.29, 1.82) is 0 Å². The fourth-order valence-corrected chi connectivity index (χ4v) is 1.59. The van der Waals surface area contributed by atoms with Gasteiger partial charge in [-0.05, 0) is 59.0 Å². The molecular weight excluding hydrogens is 462 g/mol. The van der Waals surface area contributed by atoms with E-state index in [1.165, 1.54) is 0 Å². The zero-order valence-electron chi connectivity index (χ0n) is 13.3. The Morgan fingerprint density at radius 2 is 2.05 bits per heavy atom. The summed E-state index contributed by atoms with van der Waals surface area (Å²) in [4.78, 5) is 2.33. The van der Waals surface area contributed by atoms with Gasteiger partial charge >= 0.3 is 0 Å². The average molecular weight is 492 g/mol. The fraction of sp³-hybridized carbons (Fsp3) is 0.733. The minimum absolute atomic E-state index is 0. The normalized spacial score (nSPS) is 13.1. The largest absolute Gasteiger partial charge is 0.499 e. The van der Waals surface area contributed by atoms with Crippen LogP contribution in [0.25, 0.3) is 0 Å². The van der Waals surface area contributed by atoms with E-state index in [2.05, 4.69) is 37.7 Å². The van der Waals surface area contributed by atoms with Crippen molar-refractivity contribution >= 4 is 0 Å². The number of hydrogen-bond donors (Lipinski definition) is 1. The number of hydrogen-bond acceptors (Lipinski definition) is 3. The van der Waals surface area contributed by atoms with Gasteiger partial charge in [-0.2, -0.15) is 0 Å². The summed E-state index contributed by atoms with van der Waals surface area (Å²) in [5.74, 6) is 0.933. The predicted octanol–water partition coefficient (Wildman–Crippen LogP) is 2.80. The first-order valence-corrected chi connectivity index (χ1v) is 6.90. The standard InChI is InChI=1S/C15H30N2O.U/c1-7-17(6)10-9-14(4)16-12-13(3)11-15(5)18-8-2;/h11,14,16H,3,7-10,12H2,1-2,4-6H3;/b15-11+;. The average Bonchev–Trinajstić information content (AvgIpc) is 2.33. The maximum absolute atomic E-state index is 5.38. The van der Waals surface area contributed by atoms with Gasteiger partial charge in [0.1, 0.15) is 0 Å². The van der Waals surface area contributed by atoms with Crippen LogP contribution in [0.2, 0.25) is 0 Å². The molecule has 0 radical (unpaired) electrons. The van der Waals surface area contributed by atoms with Gasteiger partial charge in [0.2, 0.25) is 0 Å². The summed E-state index contributed by atoms with van der Waals surface area (Å²) < 4.78 is 5.38. The van der Waals surface area contributed by atoms with Crippen LogP contribution in [0.5, 0.6) is 0 Å². The van der Waals surface area contributed by atoms with E-state index < -0.39 is 0 Å². The van der Waals surface area contributed by atoms with Gasteiger partial charge in [0.25, 0.3) is 0 Å². The zero-order chi connectivity index (χ0) is 14.0. The molecule has 0 saturated heterocycles. The molecule has 0 aliphatic rings. The van der Waals surface area contributed by atoms with Gasteiger partial charge in [-0.3, -0.25) is 0 Å². The van der Waals surface area contributed by atoms with Crippen LogP contribution in [-0.4, -0.2) is 44.2 Å². The number of ether oxygens (including phenoxy) is 1. The molecule has 0 bridgehead atoms. The van der Waals surface area contributed by atoms with Gasteiger partial charge in [-0.25, -0.2) is 0 Å². The van der Waals surface area contributed by atoms with Crippen LogP contribution in [0, 0.1) is 31.1 Å². The first-order valence-electron chi connectivity index (χ1n) is 6.90. The summed E-state index contributed by atoms with van der Waals surface area (Å²) in [5, 5.41) is 3.48. The SMILES string of the molecule is C=C(/C=C(\C)OCC)CNC(C)CCN(C)CC.[U]. The van der Waals surface area contributed by atoms with E-state index in [9.17, 15) is 0 Å². The second-order valence-electron chi connectivity index (χ2n) is 4.81. The second kappa shape index (κ2) is 13.2. The third-order valence-corrected chi connectivity index (χ3v) is 2.94. The minimum atomic E-state index is 0. The minimum Gasteiger partial charge on any atom is -0.499 e. The Balaban J connectivity index is 0. The molecule has 0 aromatic rings. The van der Waals surface area contributed by atoms with Gasteiger partial charge < -0.3 is 15.0 Å². The van der Waals surface area contributed by atoms with E-state index in [4.69, 9.17) is 4.74 Å². The molecule has 0 heterocycles. The molecule has 3 nitrogen and oxygen atoms in total. The zero-order valence-corrected chi connectivity index (χ0v) is 17.4. The summed E-state index contributed by atoms with van der Waals surface area (Å²) in [6.45, 7) is 16.2. The first kappa shape index (κ1) is 21.5. The molecule has 0 amide bonds. The molecule has 110 valence electrons. The van der Waals surface area contributed by atoms with E-state index in [-0.39, 0.29) is 31.1 Å². The van der Waals surface area contributed by atoms with Crippen LogP contribution in [0.4, 0.5) is 0 Å². The molecule has 0 rings (SSSR count). The van der Waals surface area contributed by atoms with Gasteiger partial charge in [0.05, 0.1) is 12.4 Å². The maximum atomic E-state index is 5.38. The summed E-state index contributed by atoms with van der Waals surface area (Å²) >= 11 is 0. The van der Waals surface area contributed by atoms with Crippen molar-refractivity contribution in [2.24, 2.45) is 0 Å². The van der Waals surface area contributed by atoms with Crippen LogP contribution in [0.1, 0.15) is 34.1 Å². The summed E-state index contributed by atoms with van der Waals surface area (Å²) in [6, 6.07) is 0.511. The predicted molar refractivity (Wildman–Crippen MR) is 79.8 cm³/mol. The smallest absolute Gasteiger partial charge is 0.0931 e. The van der Waals surface area contributed by atoms with E-state index in [1.54, 1.807) is 0 Å². The van der Waals surface area contributed by atoms with Crippen LogP contribution in [-0.2, 0) is 4.74 Å². The van der Waals surface area contributed by atoms with Crippen LogP contribution < -0.4 is 5.32 Å². The maximum Gasteiger partial charge on any atom is 0.0931 e. The van der Waals surface area contributed by atoms with Crippen LogP contribution >= 0.6 is 0 Å². The molecule has 4 heteroatoms. The topological polar surface area (TPSA) is 24.5 Å². The molecule has 0 saturated carbocycles. The molecule has 19 heavy (non-hydrogen) atoms. The molecule has 1 atom stereocenters. The van der Waals surface area contributed by atoms with Crippen molar-refractivity contribution in [1.82, 2.24) is 10.2 Å². The van der Waals surface area contributed by atoms with Crippen LogP contribution in [0.3, 0.4) is 0 Å². The van der Waals surface area contributed by atoms with Crippen molar-refractivity contribution < 1.29 is 35.9 Å². The van der Waals surface area contributed by atoms with Gasteiger partial charge in [-0.15, -0.1) is 0 Å². The van der Waals surface area contributed by atoms with Crippen molar-refractivity contribution in [3.05, 3.63) is 24.0 Å². The molecule has 0 aromatic heterocycles. The second-order valence-corrected chi connectivity index (χ2v) is 4.81.